The minimum absolute atomic E-state index is 0.297. The molecule has 1 aromatic heterocycles. The van der Waals surface area contributed by atoms with E-state index < -0.39 is 0 Å². The lowest BCUT2D eigenvalue weighted by Crippen LogP contribution is -2.16. The molecule has 0 atom stereocenters. The number of ether oxygens (including phenoxy) is 1. The van der Waals surface area contributed by atoms with Crippen LogP contribution in [0.25, 0.3) is 21.0 Å². The zero-order valence-electron chi connectivity index (χ0n) is 18.1. The fraction of sp³-hybridized carbons (Fsp3) is 0.231. The molecule has 0 bridgehead atoms. The van der Waals surface area contributed by atoms with E-state index in [9.17, 15) is 4.79 Å². The summed E-state index contributed by atoms with van der Waals surface area (Å²) < 4.78 is 8.94. The maximum Gasteiger partial charge on any atom is 0.284 e. The summed E-state index contributed by atoms with van der Waals surface area (Å²) in [5.41, 5.74) is 2.83. The van der Waals surface area contributed by atoms with Crippen LogP contribution in [0.2, 0.25) is 0 Å². The Hall–Kier alpha value is -3.18. The Labute approximate surface area is 186 Å². The molecule has 31 heavy (non-hydrogen) atoms. The highest BCUT2D eigenvalue weighted by Gasteiger charge is 2.17. The molecule has 0 saturated carbocycles. The summed E-state index contributed by atoms with van der Waals surface area (Å²) in [5, 5.41) is 1.84. The molecule has 0 N–H and O–H groups in total. The lowest BCUT2D eigenvalue weighted by molar-refractivity contribution is 0.0996. The van der Waals surface area contributed by atoms with Gasteiger partial charge in [-0.2, -0.15) is 4.99 Å². The van der Waals surface area contributed by atoms with Crippen molar-refractivity contribution in [3.63, 3.8) is 0 Å². The molecule has 1 heterocycles. The molecule has 0 saturated heterocycles. The molecule has 4 rings (SSSR count). The molecule has 1 amide bonds. The van der Waals surface area contributed by atoms with Gasteiger partial charge in [0.05, 0.1) is 22.4 Å². The first-order valence-corrected chi connectivity index (χ1v) is 11.3. The molecule has 0 radical (unpaired) electrons. The van der Waals surface area contributed by atoms with Gasteiger partial charge in [0.1, 0.15) is 5.75 Å². The van der Waals surface area contributed by atoms with Gasteiger partial charge in [-0.05, 0) is 47.4 Å². The number of nitrogens with zero attached hydrogens (tertiary/aromatic N) is 2. The van der Waals surface area contributed by atoms with Crippen molar-refractivity contribution >= 4 is 38.2 Å². The summed E-state index contributed by atoms with van der Waals surface area (Å²) in [6.45, 7) is 11.2. The standard InChI is InChI=1S/C26H26N2O2S/c1-5-15-28-21-13-11-19(17(3)4)16-23(21)31-26(28)27-25(29)24-20-10-8-7-9-18(20)12-14-22(24)30-6-2/h5,7-14,16-17H,1,6,15H2,2-4H3. The van der Waals surface area contributed by atoms with Gasteiger partial charge in [0.25, 0.3) is 5.91 Å². The number of hydrogen-bond donors (Lipinski definition) is 0. The summed E-state index contributed by atoms with van der Waals surface area (Å²) in [7, 11) is 0. The third-order valence-corrected chi connectivity index (χ3v) is 6.33. The van der Waals surface area contributed by atoms with Crippen LogP contribution in [0.1, 0.15) is 42.6 Å². The van der Waals surface area contributed by atoms with Gasteiger partial charge in [0, 0.05) is 6.54 Å². The molecule has 0 unspecified atom stereocenters. The van der Waals surface area contributed by atoms with Crippen molar-refractivity contribution in [2.45, 2.75) is 33.2 Å². The van der Waals surface area contributed by atoms with Crippen LogP contribution in [-0.2, 0) is 6.54 Å². The number of rotatable bonds is 6. The largest absolute Gasteiger partial charge is 0.493 e. The topological polar surface area (TPSA) is 43.6 Å². The predicted octanol–water partition coefficient (Wildman–Crippen LogP) is 6.31. The quantitative estimate of drug-likeness (QED) is 0.337. The summed E-state index contributed by atoms with van der Waals surface area (Å²) >= 11 is 1.53. The van der Waals surface area contributed by atoms with Gasteiger partial charge in [-0.15, -0.1) is 6.58 Å². The lowest BCUT2D eigenvalue weighted by atomic mass is 10.0. The van der Waals surface area contributed by atoms with Crippen molar-refractivity contribution in [2.24, 2.45) is 4.99 Å². The van der Waals surface area contributed by atoms with Gasteiger partial charge in [-0.1, -0.05) is 67.7 Å². The molecule has 3 aromatic carbocycles. The number of amides is 1. The Bertz CT molecular complexity index is 1340. The number of fused-ring (bicyclic) bond motifs is 2. The van der Waals surface area contributed by atoms with E-state index >= 15 is 0 Å². The van der Waals surface area contributed by atoms with Gasteiger partial charge in [0.15, 0.2) is 4.80 Å². The van der Waals surface area contributed by atoms with Crippen molar-refractivity contribution in [1.82, 2.24) is 4.57 Å². The summed E-state index contributed by atoms with van der Waals surface area (Å²) in [6.07, 6.45) is 1.83. The lowest BCUT2D eigenvalue weighted by Gasteiger charge is -2.10. The summed E-state index contributed by atoms with van der Waals surface area (Å²) in [6, 6.07) is 18.1. The molecule has 4 nitrogen and oxygen atoms in total. The number of carbonyl (C=O) groups is 1. The van der Waals surface area contributed by atoms with Gasteiger partial charge in [-0.25, -0.2) is 0 Å². The van der Waals surface area contributed by atoms with Crippen molar-refractivity contribution in [3.8, 4) is 5.75 Å². The second-order valence-corrected chi connectivity index (χ2v) is 8.68. The first-order chi connectivity index (χ1) is 15.0. The van der Waals surface area contributed by atoms with Gasteiger partial charge >= 0.3 is 0 Å². The highest BCUT2D eigenvalue weighted by atomic mass is 32.1. The van der Waals surface area contributed by atoms with Gasteiger partial charge < -0.3 is 9.30 Å². The minimum atomic E-state index is -0.297. The summed E-state index contributed by atoms with van der Waals surface area (Å²) in [4.78, 5) is 18.7. The minimum Gasteiger partial charge on any atom is -0.493 e. The average Bonchev–Trinajstić information content (AvgIpc) is 3.10. The molecule has 0 aliphatic carbocycles. The van der Waals surface area contributed by atoms with Gasteiger partial charge in [-0.3, -0.25) is 4.79 Å². The zero-order valence-corrected chi connectivity index (χ0v) is 18.9. The number of aromatic nitrogens is 1. The third kappa shape index (κ3) is 4.06. The highest BCUT2D eigenvalue weighted by molar-refractivity contribution is 7.16. The zero-order chi connectivity index (χ0) is 22.0. The maximum atomic E-state index is 13.5. The molecule has 0 aliphatic rings. The smallest absolute Gasteiger partial charge is 0.284 e. The molecule has 158 valence electrons. The first kappa shape index (κ1) is 21.1. The molecular formula is C26H26N2O2S. The number of carbonyl (C=O) groups excluding carboxylic acids is 1. The molecule has 0 aliphatic heterocycles. The van der Waals surface area contributed by atoms with E-state index in [1.165, 1.54) is 16.9 Å². The molecule has 4 aromatic rings. The maximum absolute atomic E-state index is 13.5. The molecule has 5 heteroatoms. The Kier molecular flexibility index (Phi) is 6.05. The van der Waals surface area contributed by atoms with Crippen LogP contribution in [0.3, 0.4) is 0 Å². The second-order valence-electron chi connectivity index (χ2n) is 7.68. The van der Waals surface area contributed by atoms with E-state index in [0.717, 1.165) is 21.0 Å². The molecule has 0 fully saturated rings. The summed E-state index contributed by atoms with van der Waals surface area (Å²) in [5.74, 6) is 0.702. The highest BCUT2D eigenvalue weighted by Crippen LogP contribution is 2.29. The fourth-order valence-electron chi connectivity index (χ4n) is 3.73. The first-order valence-electron chi connectivity index (χ1n) is 10.5. The van der Waals surface area contributed by atoms with E-state index in [4.69, 9.17) is 4.74 Å². The van der Waals surface area contributed by atoms with Crippen molar-refractivity contribution in [1.29, 1.82) is 0 Å². The van der Waals surface area contributed by atoms with Crippen LogP contribution in [-0.4, -0.2) is 17.1 Å². The van der Waals surface area contributed by atoms with Crippen LogP contribution in [0.5, 0.6) is 5.75 Å². The van der Waals surface area contributed by atoms with Crippen molar-refractivity contribution < 1.29 is 9.53 Å². The monoisotopic (exact) mass is 430 g/mol. The van der Waals surface area contributed by atoms with E-state index in [-0.39, 0.29) is 5.91 Å². The van der Waals surface area contributed by atoms with Crippen molar-refractivity contribution in [3.05, 3.63) is 83.2 Å². The predicted molar refractivity (Wildman–Crippen MR) is 129 cm³/mol. The molecular weight excluding hydrogens is 404 g/mol. The Morgan fingerprint density at radius 2 is 2.00 bits per heavy atom. The van der Waals surface area contributed by atoms with Crippen LogP contribution >= 0.6 is 11.3 Å². The average molecular weight is 431 g/mol. The number of hydrogen-bond acceptors (Lipinski definition) is 3. The Balaban J connectivity index is 1.92. The van der Waals surface area contributed by atoms with E-state index in [0.29, 0.717) is 35.2 Å². The van der Waals surface area contributed by atoms with Crippen LogP contribution in [0.15, 0.2) is 72.2 Å². The number of benzene rings is 3. The fourth-order valence-corrected chi connectivity index (χ4v) is 4.82. The van der Waals surface area contributed by atoms with Crippen LogP contribution < -0.4 is 9.54 Å². The van der Waals surface area contributed by atoms with E-state index in [2.05, 4.69) is 43.6 Å². The normalized spacial score (nSPS) is 12.1. The van der Waals surface area contributed by atoms with Crippen LogP contribution in [0, 0.1) is 0 Å². The van der Waals surface area contributed by atoms with Crippen molar-refractivity contribution in [2.75, 3.05) is 6.61 Å². The SMILES string of the molecule is C=CCn1c(=NC(=O)c2c(OCC)ccc3ccccc23)sc2cc(C(C)C)ccc21. The Morgan fingerprint density at radius 3 is 2.74 bits per heavy atom. The Morgan fingerprint density at radius 1 is 1.19 bits per heavy atom. The number of allylic oxidation sites excluding steroid dienone is 1. The molecule has 0 spiro atoms. The second kappa shape index (κ2) is 8.90. The van der Waals surface area contributed by atoms with E-state index in [1.807, 2.05) is 54.0 Å². The number of thiazole rings is 1. The van der Waals surface area contributed by atoms with Gasteiger partial charge in [0.2, 0.25) is 0 Å². The third-order valence-electron chi connectivity index (χ3n) is 5.29. The van der Waals surface area contributed by atoms with Crippen LogP contribution in [0.4, 0.5) is 0 Å². The van der Waals surface area contributed by atoms with E-state index in [1.54, 1.807) is 0 Å².